The van der Waals surface area contributed by atoms with Crippen molar-refractivity contribution >= 4 is 17.3 Å². The van der Waals surface area contributed by atoms with Crippen LogP contribution in [0.15, 0.2) is 63.8 Å². The zero-order chi connectivity index (χ0) is 21.4. The summed E-state index contributed by atoms with van der Waals surface area (Å²) in [6.07, 6.45) is 4.24. The van der Waals surface area contributed by atoms with Crippen LogP contribution in [0.25, 0.3) is 22.9 Å². The lowest BCUT2D eigenvalue weighted by Gasteiger charge is -2.27. The SMILES string of the molecule is O=[N+]([O-])c1cc(Cl)ccc1-c1ccc(CN2CCc3nc(-c4ccco4)ncc3C2)o1. The Morgan fingerprint density at radius 1 is 1.19 bits per heavy atom. The maximum atomic E-state index is 11.4. The van der Waals surface area contributed by atoms with Crippen molar-refractivity contribution in [1.29, 1.82) is 0 Å². The highest BCUT2D eigenvalue weighted by Crippen LogP contribution is 2.34. The molecule has 0 atom stereocenters. The third-order valence-electron chi connectivity index (χ3n) is 5.22. The number of nitrogens with zero attached hydrogens (tertiary/aromatic N) is 4. The van der Waals surface area contributed by atoms with Crippen LogP contribution in [-0.4, -0.2) is 26.3 Å². The molecular formula is C22H17ClN4O4. The Bertz CT molecular complexity index is 1250. The molecule has 4 aromatic rings. The number of hydrogen-bond acceptors (Lipinski definition) is 7. The van der Waals surface area contributed by atoms with Crippen molar-refractivity contribution in [1.82, 2.24) is 14.9 Å². The standard InChI is InChI=1S/C22H17ClN4O4/c23-15-3-5-17(19(10-15)27(28)29)20-6-4-16(31-20)13-26-8-7-18-14(12-26)11-24-22(25-18)21-2-1-9-30-21/h1-6,9-11H,7-8,12-13H2. The van der Waals surface area contributed by atoms with Crippen molar-refractivity contribution in [2.24, 2.45) is 0 Å². The molecule has 0 aliphatic carbocycles. The van der Waals surface area contributed by atoms with E-state index >= 15 is 0 Å². The second-order valence-electron chi connectivity index (χ2n) is 7.29. The highest BCUT2D eigenvalue weighted by atomic mass is 35.5. The van der Waals surface area contributed by atoms with Crippen molar-refractivity contribution in [3.63, 3.8) is 0 Å². The predicted octanol–water partition coefficient (Wildman–Crippen LogP) is 5.12. The van der Waals surface area contributed by atoms with Crippen LogP contribution in [0.2, 0.25) is 5.02 Å². The van der Waals surface area contributed by atoms with Gasteiger partial charge >= 0.3 is 0 Å². The maximum Gasteiger partial charge on any atom is 0.281 e. The van der Waals surface area contributed by atoms with Crippen LogP contribution in [0.4, 0.5) is 5.69 Å². The number of nitro groups is 1. The van der Waals surface area contributed by atoms with Gasteiger partial charge < -0.3 is 8.83 Å². The number of furan rings is 2. The summed E-state index contributed by atoms with van der Waals surface area (Å²) in [6, 6.07) is 11.8. The maximum absolute atomic E-state index is 11.4. The first-order valence-electron chi connectivity index (χ1n) is 9.71. The Hall–Kier alpha value is -3.49. The molecular weight excluding hydrogens is 420 g/mol. The smallest absolute Gasteiger partial charge is 0.281 e. The van der Waals surface area contributed by atoms with Crippen molar-refractivity contribution in [2.75, 3.05) is 6.54 Å². The first kappa shape index (κ1) is 19.5. The Morgan fingerprint density at radius 2 is 2.10 bits per heavy atom. The molecule has 0 spiro atoms. The van der Waals surface area contributed by atoms with Gasteiger partial charge in [0.15, 0.2) is 11.6 Å². The van der Waals surface area contributed by atoms with Crippen molar-refractivity contribution < 1.29 is 13.8 Å². The first-order chi connectivity index (χ1) is 15.1. The van der Waals surface area contributed by atoms with Crippen LogP contribution < -0.4 is 0 Å². The fraction of sp³-hybridized carbons (Fsp3) is 0.182. The van der Waals surface area contributed by atoms with E-state index in [1.165, 1.54) is 6.07 Å². The quantitative estimate of drug-likeness (QED) is 0.316. The van der Waals surface area contributed by atoms with Gasteiger partial charge in [-0.15, -0.1) is 0 Å². The summed E-state index contributed by atoms with van der Waals surface area (Å²) < 4.78 is 11.3. The molecule has 3 aromatic heterocycles. The number of aromatic nitrogens is 2. The molecule has 8 nitrogen and oxygen atoms in total. The molecule has 0 amide bonds. The fourth-order valence-corrected chi connectivity index (χ4v) is 3.89. The summed E-state index contributed by atoms with van der Waals surface area (Å²) in [5, 5.41) is 11.7. The van der Waals surface area contributed by atoms with Gasteiger partial charge in [-0.25, -0.2) is 9.97 Å². The molecule has 0 N–H and O–H groups in total. The number of rotatable bonds is 5. The number of hydrogen-bond donors (Lipinski definition) is 0. The van der Waals surface area contributed by atoms with Gasteiger partial charge in [0, 0.05) is 42.4 Å². The second-order valence-corrected chi connectivity index (χ2v) is 7.72. The van der Waals surface area contributed by atoms with Crippen molar-refractivity contribution in [3.05, 3.63) is 87.1 Å². The first-order valence-corrected chi connectivity index (χ1v) is 10.1. The lowest BCUT2D eigenvalue weighted by atomic mass is 10.1. The Morgan fingerprint density at radius 3 is 2.90 bits per heavy atom. The van der Waals surface area contributed by atoms with Gasteiger partial charge in [0.2, 0.25) is 0 Å². The van der Waals surface area contributed by atoms with Crippen LogP contribution in [0.5, 0.6) is 0 Å². The van der Waals surface area contributed by atoms with Gasteiger partial charge in [0.25, 0.3) is 5.69 Å². The molecule has 5 rings (SSSR count). The molecule has 31 heavy (non-hydrogen) atoms. The molecule has 1 aliphatic heterocycles. The molecule has 9 heteroatoms. The van der Waals surface area contributed by atoms with Crippen LogP contribution >= 0.6 is 11.6 Å². The van der Waals surface area contributed by atoms with Gasteiger partial charge in [-0.2, -0.15) is 0 Å². The monoisotopic (exact) mass is 436 g/mol. The van der Waals surface area contributed by atoms with E-state index in [4.69, 9.17) is 20.4 Å². The normalized spacial score (nSPS) is 13.8. The second kappa shape index (κ2) is 7.98. The lowest BCUT2D eigenvalue weighted by molar-refractivity contribution is -0.384. The number of fused-ring (bicyclic) bond motifs is 1. The van der Waals surface area contributed by atoms with Crippen LogP contribution in [0.3, 0.4) is 0 Å². The van der Waals surface area contributed by atoms with Gasteiger partial charge in [0.05, 0.1) is 29.0 Å². The highest BCUT2D eigenvalue weighted by molar-refractivity contribution is 6.30. The molecule has 0 saturated carbocycles. The Kier molecular flexibility index (Phi) is 5.01. The number of nitro benzene ring substituents is 1. The summed E-state index contributed by atoms with van der Waals surface area (Å²) in [7, 11) is 0. The van der Waals surface area contributed by atoms with Gasteiger partial charge in [0.1, 0.15) is 11.5 Å². The number of benzene rings is 1. The Balaban J connectivity index is 1.32. The van der Waals surface area contributed by atoms with E-state index in [2.05, 4.69) is 14.9 Å². The molecule has 1 aliphatic rings. The third-order valence-corrected chi connectivity index (χ3v) is 5.45. The average molecular weight is 437 g/mol. The van der Waals surface area contributed by atoms with E-state index in [9.17, 15) is 10.1 Å². The van der Waals surface area contributed by atoms with E-state index in [0.29, 0.717) is 41.0 Å². The number of halogens is 1. The minimum absolute atomic E-state index is 0.0789. The van der Waals surface area contributed by atoms with Gasteiger partial charge in [-0.05, 0) is 36.4 Å². The van der Waals surface area contributed by atoms with E-state index < -0.39 is 4.92 Å². The Labute approximate surface area is 182 Å². The topological polar surface area (TPSA) is 98.4 Å². The van der Waals surface area contributed by atoms with Crippen LogP contribution in [0.1, 0.15) is 17.0 Å². The molecule has 0 bridgehead atoms. The molecule has 4 heterocycles. The molecule has 0 unspecified atom stereocenters. The van der Waals surface area contributed by atoms with E-state index in [1.807, 2.05) is 24.4 Å². The fourth-order valence-electron chi connectivity index (χ4n) is 3.73. The molecule has 0 radical (unpaired) electrons. The summed E-state index contributed by atoms with van der Waals surface area (Å²) in [5.74, 6) is 2.43. The molecule has 156 valence electrons. The summed E-state index contributed by atoms with van der Waals surface area (Å²) in [4.78, 5) is 22.2. The average Bonchev–Trinajstić information content (AvgIpc) is 3.46. The molecule has 1 aromatic carbocycles. The van der Waals surface area contributed by atoms with Crippen LogP contribution in [-0.2, 0) is 19.5 Å². The molecule has 0 fully saturated rings. The summed E-state index contributed by atoms with van der Waals surface area (Å²) >= 11 is 5.91. The zero-order valence-corrected chi connectivity index (χ0v) is 17.1. The van der Waals surface area contributed by atoms with Gasteiger partial charge in [-0.3, -0.25) is 15.0 Å². The molecule has 0 saturated heterocycles. The minimum atomic E-state index is -0.456. The van der Waals surface area contributed by atoms with Crippen molar-refractivity contribution in [2.45, 2.75) is 19.5 Å². The zero-order valence-electron chi connectivity index (χ0n) is 16.3. The summed E-state index contributed by atoms with van der Waals surface area (Å²) in [6.45, 7) is 2.10. The van der Waals surface area contributed by atoms with Gasteiger partial charge in [-0.1, -0.05) is 11.6 Å². The predicted molar refractivity (Wildman–Crippen MR) is 113 cm³/mol. The van der Waals surface area contributed by atoms with Crippen LogP contribution in [0, 0.1) is 10.1 Å². The van der Waals surface area contributed by atoms with E-state index in [1.54, 1.807) is 24.5 Å². The van der Waals surface area contributed by atoms with Crippen molar-refractivity contribution in [3.8, 4) is 22.9 Å². The largest absolute Gasteiger partial charge is 0.461 e. The third kappa shape index (κ3) is 3.95. The van der Waals surface area contributed by atoms with E-state index in [0.717, 1.165) is 30.0 Å². The summed E-state index contributed by atoms with van der Waals surface area (Å²) in [5.41, 5.74) is 2.42. The lowest BCUT2D eigenvalue weighted by Crippen LogP contribution is -2.30. The minimum Gasteiger partial charge on any atom is -0.461 e. The van der Waals surface area contributed by atoms with E-state index in [-0.39, 0.29) is 5.69 Å². The highest BCUT2D eigenvalue weighted by Gasteiger charge is 2.22.